The second-order valence-corrected chi connectivity index (χ2v) is 14.9. The van der Waals surface area contributed by atoms with Crippen LogP contribution in [0.2, 0.25) is 0 Å². The molecule has 0 N–H and O–H groups in total. The lowest BCUT2D eigenvalue weighted by Gasteiger charge is -2.34. The van der Waals surface area contributed by atoms with Gasteiger partial charge >= 0.3 is 11.9 Å². The molecule has 2 unspecified atom stereocenters. The number of hydrogen-bond acceptors (Lipinski definition) is 7. The Labute approximate surface area is 301 Å². The lowest BCUT2D eigenvalue weighted by Crippen LogP contribution is -2.55. The van der Waals surface area contributed by atoms with E-state index < -0.39 is 18.1 Å². The number of allylic oxidation sites excluding steroid dienone is 2. The van der Waals surface area contributed by atoms with Crippen molar-refractivity contribution >= 4 is 17.9 Å². The maximum atomic E-state index is 12.6. The molecule has 49 heavy (non-hydrogen) atoms. The predicted octanol–water partition coefficient (Wildman–Crippen LogP) is 9.02. The Kier molecular flexibility index (Phi) is 31.9. The lowest BCUT2D eigenvalue weighted by atomic mass is 10.1. The second-order valence-electron chi connectivity index (χ2n) is 14.9. The largest absolute Gasteiger partial charge is 0.544 e. The number of likely N-dealkylation sites (N-methyl/N-ethyl adjacent to an activating group) is 1. The first-order chi connectivity index (χ1) is 23.6. The Morgan fingerprint density at radius 3 is 1.49 bits per heavy atom. The van der Waals surface area contributed by atoms with Crippen LogP contribution >= 0.6 is 0 Å². The van der Waals surface area contributed by atoms with Crippen molar-refractivity contribution in [2.24, 2.45) is 0 Å². The summed E-state index contributed by atoms with van der Waals surface area (Å²) in [7, 11) is 5.40. The van der Waals surface area contributed by atoms with Gasteiger partial charge in [0.2, 0.25) is 0 Å². The molecule has 0 aromatic carbocycles. The molecule has 0 aromatic heterocycles. The van der Waals surface area contributed by atoms with Gasteiger partial charge in [0.1, 0.15) is 12.6 Å². The number of carbonyl (C=O) groups is 3. The monoisotopic (exact) mass is 696 g/mol. The van der Waals surface area contributed by atoms with E-state index in [1.807, 2.05) is 0 Å². The number of carboxylic acids is 1. The molecule has 0 spiro atoms. The van der Waals surface area contributed by atoms with E-state index in [1.54, 1.807) is 21.1 Å². The predicted molar refractivity (Wildman–Crippen MR) is 199 cm³/mol. The summed E-state index contributed by atoms with van der Waals surface area (Å²) < 4.78 is 17.1. The summed E-state index contributed by atoms with van der Waals surface area (Å²) in [6.07, 6.45) is 32.3. The molecule has 0 aliphatic heterocycles. The zero-order valence-electron chi connectivity index (χ0n) is 32.6. The number of esters is 2. The number of aliphatic carboxylic acids is 1. The van der Waals surface area contributed by atoms with E-state index in [0.29, 0.717) is 12.8 Å². The minimum absolute atomic E-state index is 0.0444. The fourth-order valence-corrected chi connectivity index (χ4v) is 5.95. The quantitative estimate of drug-likeness (QED) is 0.0279. The zero-order valence-corrected chi connectivity index (χ0v) is 32.6. The Bertz CT molecular complexity index is 823. The topological polar surface area (TPSA) is 102 Å². The first-order valence-corrected chi connectivity index (χ1v) is 20.2. The van der Waals surface area contributed by atoms with Gasteiger partial charge in [0.15, 0.2) is 6.10 Å². The summed E-state index contributed by atoms with van der Waals surface area (Å²) in [4.78, 5) is 36.6. The van der Waals surface area contributed by atoms with E-state index >= 15 is 0 Å². The van der Waals surface area contributed by atoms with Crippen LogP contribution in [0.5, 0.6) is 0 Å². The average Bonchev–Trinajstić information content (AvgIpc) is 3.05. The van der Waals surface area contributed by atoms with Gasteiger partial charge in [-0.15, -0.1) is 0 Å². The average molecular weight is 696 g/mol. The van der Waals surface area contributed by atoms with Crippen LogP contribution < -0.4 is 5.11 Å². The molecule has 8 nitrogen and oxygen atoms in total. The van der Waals surface area contributed by atoms with E-state index in [-0.39, 0.29) is 42.7 Å². The van der Waals surface area contributed by atoms with Crippen molar-refractivity contribution in [3.05, 3.63) is 12.2 Å². The number of carbonyl (C=O) groups excluding carboxylic acids is 3. The summed E-state index contributed by atoms with van der Waals surface area (Å²) >= 11 is 0. The normalized spacial score (nSPS) is 13.1. The minimum Gasteiger partial charge on any atom is -0.544 e. The fraction of sp³-hybridized carbons (Fsp3) is 0.878. The van der Waals surface area contributed by atoms with Gasteiger partial charge in [0, 0.05) is 19.3 Å². The van der Waals surface area contributed by atoms with E-state index in [1.165, 1.54) is 109 Å². The van der Waals surface area contributed by atoms with Crippen molar-refractivity contribution in [3.63, 3.8) is 0 Å². The van der Waals surface area contributed by atoms with Crippen LogP contribution in [0.3, 0.4) is 0 Å². The Hall–Kier alpha value is -1.93. The van der Waals surface area contributed by atoms with Crippen molar-refractivity contribution in [2.45, 2.75) is 193 Å². The van der Waals surface area contributed by atoms with Gasteiger partial charge in [-0.1, -0.05) is 135 Å². The minimum atomic E-state index is -1.12. The van der Waals surface area contributed by atoms with Crippen LogP contribution in [-0.4, -0.2) is 75.5 Å². The Morgan fingerprint density at radius 2 is 1.02 bits per heavy atom. The first-order valence-electron chi connectivity index (χ1n) is 20.2. The highest BCUT2D eigenvalue weighted by Crippen LogP contribution is 2.14. The SMILES string of the molecule is CCCCCC/C=C/CCCCCCCCCC(=O)OCC(COCCC(C(=O)[O-])[N+](C)(C)C)OC(=O)CCCCCCCCCCCC. The molecule has 0 aromatic rings. The molecule has 0 saturated carbocycles. The molecule has 288 valence electrons. The third kappa shape index (κ3) is 31.8. The highest BCUT2D eigenvalue weighted by Gasteiger charge is 2.25. The molecule has 0 bridgehead atoms. The summed E-state index contributed by atoms with van der Waals surface area (Å²) in [5.41, 5.74) is 0. The molecule has 8 heteroatoms. The number of rotatable bonds is 36. The molecule has 0 radical (unpaired) electrons. The van der Waals surface area contributed by atoms with E-state index in [9.17, 15) is 19.5 Å². The van der Waals surface area contributed by atoms with Crippen molar-refractivity contribution in [1.82, 2.24) is 0 Å². The van der Waals surface area contributed by atoms with Gasteiger partial charge in [0.05, 0.1) is 40.3 Å². The smallest absolute Gasteiger partial charge is 0.306 e. The van der Waals surface area contributed by atoms with Crippen LogP contribution in [0.4, 0.5) is 0 Å². The van der Waals surface area contributed by atoms with Gasteiger partial charge < -0.3 is 28.6 Å². The van der Waals surface area contributed by atoms with Gasteiger partial charge in [-0.3, -0.25) is 9.59 Å². The van der Waals surface area contributed by atoms with Crippen LogP contribution in [0, 0.1) is 0 Å². The molecule has 0 aliphatic rings. The Balaban J connectivity index is 4.35. The molecular formula is C41H77NO7. The fourth-order valence-electron chi connectivity index (χ4n) is 5.95. The van der Waals surface area contributed by atoms with Gasteiger partial charge in [-0.25, -0.2) is 0 Å². The zero-order chi connectivity index (χ0) is 36.4. The maximum Gasteiger partial charge on any atom is 0.306 e. The molecule has 0 rings (SSSR count). The number of carboxylic acid groups (broad SMARTS) is 1. The summed E-state index contributed by atoms with van der Waals surface area (Å²) in [5.74, 6) is -1.73. The molecule has 2 atom stereocenters. The summed E-state index contributed by atoms with van der Waals surface area (Å²) in [6, 6.07) is -0.720. The molecule has 0 saturated heterocycles. The Morgan fingerprint density at radius 1 is 0.592 bits per heavy atom. The standard InChI is InChI=1S/C41H77NO7/c1-6-8-10-12-14-16-18-19-20-21-22-24-25-27-29-31-39(43)48-36-37(35-47-34-33-38(41(45)46)42(3,4)5)49-40(44)32-30-28-26-23-17-15-13-11-9-7-2/h16,18,37-38H,6-15,17,19-36H2,1-5H3/b18-16+. The molecular weight excluding hydrogens is 618 g/mol. The van der Waals surface area contributed by atoms with Crippen molar-refractivity contribution < 1.29 is 38.2 Å². The molecule has 0 aliphatic carbocycles. The van der Waals surface area contributed by atoms with Gasteiger partial charge in [0.25, 0.3) is 0 Å². The van der Waals surface area contributed by atoms with E-state index in [4.69, 9.17) is 14.2 Å². The van der Waals surface area contributed by atoms with Crippen molar-refractivity contribution in [3.8, 4) is 0 Å². The van der Waals surface area contributed by atoms with Crippen molar-refractivity contribution in [2.75, 3.05) is 41.0 Å². The number of hydrogen-bond donors (Lipinski definition) is 0. The third-order valence-corrected chi connectivity index (χ3v) is 9.15. The van der Waals surface area contributed by atoms with Crippen LogP contribution in [0.1, 0.15) is 181 Å². The number of nitrogens with zero attached hydrogens (tertiary/aromatic N) is 1. The van der Waals surface area contributed by atoms with Crippen LogP contribution in [-0.2, 0) is 28.6 Å². The number of quaternary nitrogens is 1. The van der Waals surface area contributed by atoms with Gasteiger partial charge in [-0.2, -0.15) is 0 Å². The molecule has 0 amide bonds. The summed E-state index contributed by atoms with van der Waals surface area (Å²) in [5, 5.41) is 11.6. The first kappa shape index (κ1) is 47.1. The molecule has 0 heterocycles. The highest BCUT2D eigenvalue weighted by atomic mass is 16.6. The van der Waals surface area contributed by atoms with Crippen LogP contribution in [0.15, 0.2) is 12.2 Å². The third-order valence-electron chi connectivity index (χ3n) is 9.15. The number of unbranched alkanes of at least 4 members (excludes halogenated alkanes) is 20. The maximum absolute atomic E-state index is 12.6. The second kappa shape index (κ2) is 33.2. The molecule has 0 fully saturated rings. The van der Waals surface area contributed by atoms with Crippen molar-refractivity contribution in [1.29, 1.82) is 0 Å². The lowest BCUT2D eigenvalue weighted by molar-refractivity contribution is -0.889. The van der Waals surface area contributed by atoms with E-state index in [0.717, 1.165) is 38.5 Å². The van der Waals surface area contributed by atoms with Crippen LogP contribution in [0.25, 0.3) is 0 Å². The highest BCUT2D eigenvalue weighted by molar-refractivity contribution is 5.70. The van der Waals surface area contributed by atoms with E-state index in [2.05, 4.69) is 26.0 Å². The van der Waals surface area contributed by atoms with Gasteiger partial charge in [-0.05, 0) is 38.5 Å². The summed E-state index contributed by atoms with van der Waals surface area (Å²) in [6.45, 7) is 4.63. The number of ether oxygens (including phenoxy) is 3.